The second-order valence-electron chi connectivity index (χ2n) is 3.04. The van der Waals surface area contributed by atoms with E-state index >= 15 is 0 Å². The molecular weight excluding hydrogens is 168 g/mol. The highest BCUT2D eigenvalue weighted by Crippen LogP contribution is 2.14. The standard InChI is InChI=1S/C9H10N2O2/c1-6-2-4-7(12)9(11-10)8(13)5-3-6/h1-5H2. The van der Waals surface area contributed by atoms with Gasteiger partial charge >= 0.3 is 5.71 Å². The molecule has 0 radical (unpaired) electrons. The first kappa shape index (κ1) is 9.55. The number of carbonyl (C=O) groups excluding carboxylic acids is 2. The van der Waals surface area contributed by atoms with Gasteiger partial charge < -0.3 is 5.53 Å². The predicted molar refractivity (Wildman–Crippen MR) is 46.2 cm³/mol. The van der Waals surface area contributed by atoms with E-state index in [9.17, 15) is 9.59 Å². The molecule has 13 heavy (non-hydrogen) atoms. The van der Waals surface area contributed by atoms with Crippen LogP contribution in [-0.4, -0.2) is 22.1 Å². The van der Waals surface area contributed by atoms with Crippen molar-refractivity contribution in [2.75, 3.05) is 0 Å². The molecule has 1 saturated carbocycles. The fourth-order valence-electron chi connectivity index (χ4n) is 1.21. The number of ketones is 2. The second-order valence-corrected chi connectivity index (χ2v) is 3.04. The Balaban J connectivity index is 2.89. The summed E-state index contributed by atoms with van der Waals surface area (Å²) < 4.78 is 0. The smallest absolute Gasteiger partial charge is 0.360 e. The molecule has 0 N–H and O–H groups in total. The van der Waals surface area contributed by atoms with Crippen molar-refractivity contribution < 1.29 is 14.4 Å². The number of carbonyl (C=O) groups is 2. The molecule has 0 aliphatic heterocycles. The minimum atomic E-state index is -0.395. The largest absolute Gasteiger partial charge is 0.400 e. The van der Waals surface area contributed by atoms with E-state index in [1.165, 1.54) is 0 Å². The Bertz CT molecular complexity index is 301. The van der Waals surface area contributed by atoms with E-state index in [2.05, 4.69) is 11.4 Å². The maximum atomic E-state index is 11.2. The van der Waals surface area contributed by atoms with E-state index in [1.54, 1.807) is 0 Å². The Morgan fingerprint density at radius 2 is 1.54 bits per heavy atom. The van der Waals surface area contributed by atoms with Gasteiger partial charge in [-0.05, 0) is 12.8 Å². The van der Waals surface area contributed by atoms with Gasteiger partial charge in [0.2, 0.25) is 11.6 Å². The van der Waals surface area contributed by atoms with Crippen molar-refractivity contribution in [1.82, 2.24) is 0 Å². The average Bonchev–Trinajstić information content (AvgIpc) is 2.11. The second kappa shape index (κ2) is 3.92. The third-order valence-electron chi connectivity index (χ3n) is 2.04. The van der Waals surface area contributed by atoms with Gasteiger partial charge in [-0.25, -0.2) is 0 Å². The number of hydrogen-bond donors (Lipinski definition) is 0. The monoisotopic (exact) mass is 178 g/mol. The Morgan fingerprint density at radius 3 is 1.92 bits per heavy atom. The molecule has 1 fully saturated rings. The summed E-state index contributed by atoms with van der Waals surface area (Å²) in [7, 11) is 0. The van der Waals surface area contributed by atoms with Crippen LogP contribution in [0.4, 0.5) is 0 Å². The highest BCUT2D eigenvalue weighted by molar-refractivity contribution is 6.64. The zero-order chi connectivity index (χ0) is 9.84. The molecular formula is C9H10N2O2. The minimum Gasteiger partial charge on any atom is -0.360 e. The van der Waals surface area contributed by atoms with Crippen molar-refractivity contribution in [2.45, 2.75) is 25.7 Å². The summed E-state index contributed by atoms with van der Waals surface area (Å²) in [6.07, 6.45) is 1.57. The SMILES string of the molecule is C=C1CCC(=O)C(=[N+]=[N-])C(=O)CC1. The minimum absolute atomic E-state index is 0.212. The zero-order valence-corrected chi connectivity index (χ0v) is 7.25. The van der Waals surface area contributed by atoms with E-state index < -0.39 is 11.6 Å². The summed E-state index contributed by atoms with van der Waals surface area (Å²) in [5, 5.41) is 0. The summed E-state index contributed by atoms with van der Waals surface area (Å²) in [4.78, 5) is 25.1. The topological polar surface area (TPSA) is 70.5 Å². The molecule has 0 bridgehead atoms. The Kier molecular flexibility index (Phi) is 2.88. The molecule has 1 aliphatic rings. The first-order valence-corrected chi connectivity index (χ1v) is 4.10. The quantitative estimate of drug-likeness (QED) is 0.314. The number of Topliss-reactive ketones (excluding diaryl/α,β-unsaturated/α-hetero) is 2. The van der Waals surface area contributed by atoms with Crippen LogP contribution in [0.25, 0.3) is 5.53 Å². The Morgan fingerprint density at radius 1 is 1.08 bits per heavy atom. The predicted octanol–water partition coefficient (Wildman–Crippen LogP) is 0.926. The van der Waals surface area contributed by atoms with E-state index in [0.29, 0.717) is 12.8 Å². The molecule has 1 aliphatic carbocycles. The van der Waals surface area contributed by atoms with Crippen LogP contribution in [-0.2, 0) is 9.59 Å². The van der Waals surface area contributed by atoms with Gasteiger partial charge in [0, 0.05) is 12.8 Å². The van der Waals surface area contributed by atoms with Crippen molar-refractivity contribution in [3.63, 3.8) is 0 Å². The number of nitrogens with zero attached hydrogens (tertiary/aromatic N) is 2. The van der Waals surface area contributed by atoms with Crippen LogP contribution in [0, 0.1) is 0 Å². The van der Waals surface area contributed by atoms with Crippen LogP contribution < -0.4 is 0 Å². The van der Waals surface area contributed by atoms with Crippen LogP contribution in [0.15, 0.2) is 12.2 Å². The molecule has 0 aromatic heterocycles. The highest BCUT2D eigenvalue weighted by atomic mass is 16.1. The lowest BCUT2D eigenvalue weighted by Crippen LogP contribution is -2.26. The fraction of sp³-hybridized carbons (Fsp3) is 0.444. The van der Waals surface area contributed by atoms with Gasteiger partial charge in [0.15, 0.2) is 0 Å². The van der Waals surface area contributed by atoms with E-state index in [-0.39, 0.29) is 18.6 Å². The lowest BCUT2D eigenvalue weighted by molar-refractivity contribution is -0.124. The zero-order valence-electron chi connectivity index (χ0n) is 7.25. The van der Waals surface area contributed by atoms with Gasteiger partial charge in [0.1, 0.15) is 0 Å². The van der Waals surface area contributed by atoms with Crippen LogP contribution >= 0.6 is 0 Å². The molecule has 0 heterocycles. The number of hydrogen-bond acceptors (Lipinski definition) is 2. The third-order valence-corrected chi connectivity index (χ3v) is 2.04. The van der Waals surface area contributed by atoms with Gasteiger partial charge in [-0.3, -0.25) is 9.59 Å². The summed E-state index contributed by atoms with van der Waals surface area (Å²) in [5.74, 6) is -0.790. The lowest BCUT2D eigenvalue weighted by atomic mass is 9.94. The molecule has 0 unspecified atom stereocenters. The van der Waals surface area contributed by atoms with Crippen LogP contribution in [0.5, 0.6) is 0 Å². The van der Waals surface area contributed by atoms with Gasteiger partial charge in [0.25, 0.3) is 0 Å². The van der Waals surface area contributed by atoms with Crippen molar-refractivity contribution >= 4 is 17.3 Å². The van der Waals surface area contributed by atoms with Gasteiger partial charge in [-0.1, -0.05) is 12.2 Å². The molecule has 4 nitrogen and oxygen atoms in total. The molecule has 0 spiro atoms. The van der Waals surface area contributed by atoms with Gasteiger partial charge in [0.05, 0.1) is 0 Å². The molecule has 1 rings (SSSR count). The molecule has 0 saturated heterocycles. The summed E-state index contributed by atoms with van der Waals surface area (Å²) >= 11 is 0. The molecule has 0 atom stereocenters. The van der Waals surface area contributed by atoms with Crippen LogP contribution in [0.3, 0.4) is 0 Å². The van der Waals surface area contributed by atoms with E-state index in [4.69, 9.17) is 5.53 Å². The number of allylic oxidation sites excluding steroid dienone is 1. The average molecular weight is 178 g/mol. The first-order valence-electron chi connectivity index (χ1n) is 4.10. The third kappa shape index (κ3) is 2.20. The van der Waals surface area contributed by atoms with Gasteiger partial charge in [-0.2, -0.15) is 4.79 Å². The van der Waals surface area contributed by atoms with Crippen molar-refractivity contribution in [2.24, 2.45) is 0 Å². The normalized spacial score (nSPS) is 19.4. The van der Waals surface area contributed by atoms with Gasteiger partial charge in [-0.15, -0.1) is 0 Å². The van der Waals surface area contributed by atoms with E-state index in [1.807, 2.05) is 0 Å². The van der Waals surface area contributed by atoms with Crippen molar-refractivity contribution in [1.29, 1.82) is 0 Å². The fourth-order valence-corrected chi connectivity index (χ4v) is 1.21. The van der Waals surface area contributed by atoms with Crippen LogP contribution in [0.1, 0.15) is 25.7 Å². The molecule has 0 aromatic carbocycles. The summed E-state index contributed by atoms with van der Waals surface area (Å²) in [6, 6.07) is 0. The number of rotatable bonds is 0. The molecule has 4 heteroatoms. The molecule has 0 amide bonds. The maximum absolute atomic E-state index is 11.2. The Labute approximate surface area is 75.9 Å². The summed E-state index contributed by atoms with van der Waals surface area (Å²) in [5.41, 5.74) is 9.03. The van der Waals surface area contributed by atoms with Crippen molar-refractivity contribution in [3.8, 4) is 0 Å². The van der Waals surface area contributed by atoms with Crippen LogP contribution in [0.2, 0.25) is 0 Å². The van der Waals surface area contributed by atoms with Crippen molar-refractivity contribution in [3.05, 3.63) is 17.7 Å². The first-order chi connectivity index (χ1) is 6.15. The maximum Gasteiger partial charge on any atom is 0.400 e. The lowest BCUT2D eigenvalue weighted by Gasteiger charge is -2.05. The molecule has 0 aromatic rings. The Hall–Kier alpha value is -1.54. The summed E-state index contributed by atoms with van der Waals surface area (Å²) in [6.45, 7) is 3.73. The molecule has 68 valence electrons. The van der Waals surface area contributed by atoms with E-state index in [0.717, 1.165) is 5.57 Å². The highest BCUT2D eigenvalue weighted by Gasteiger charge is 2.29.